The molecule has 0 saturated heterocycles. The van der Waals surface area contributed by atoms with Gasteiger partial charge in [-0.3, -0.25) is 18.8 Å². The Morgan fingerprint density at radius 2 is 2.03 bits per heavy atom. The molecule has 0 aliphatic carbocycles. The summed E-state index contributed by atoms with van der Waals surface area (Å²) in [7, 11) is 1.72. The number of carbonyl (C=O) groups excluding carboxylic acids is 1. The maximum atomic E-state index is 12.5. The minimum atomic E-state index is -0.253. The summed E-state index contributed by atoms with van der Waals surface area (Å²) in [6.45, 7) is 0.569. The molecule has 3 heterocycles. The van der Waals surface area contributed by atoms with Crippen LogP contribution in [0.3, 0.4) is 0 Å². The fraction of sp³-hybridized carbons (Fsp3) is 0.211. The van der Waals surface area contributed by atoms with E-state index in [9.17, 15) is 9.59 Å². The van der Waals surface area contributed by atoms with Crippen LogP contribution in [0.5, 0.6) is 0 Å². The fourth-order valence-electron chi connectivity index (χ4n) is 3.03. The summed E-state index contributed by atoms with van der Waals surface area (Å²) in [6, 6.07) is 6.91. The zero-order valence-corrected chi connectivity index (χ0v) is 17.4. The first kappa shape index (κ1) is 20.1. The molecule has 0 unspecified atom stereocenters. The number of nitrogens with one attached hydrogen (secondary N) is 1. The van der Waals surface area contributed by atoms with Gasteiger partial charge in [0.15, 0.2) is 5.65 Å². The Labute approximate surface area is 180 Å². The maximum Gasteiger partial charge on any atom is 0.264 e. The van der Waals surface area contributed by atoms with Gasteiger partial charge in [-0.15, -0.1) is 0 Å². The molecule has 1 N–H and O–H groups in total. The van der Waals surface area contributed by atoms with Gasteiger partial charge in [-0.1, -0.05) is 29.3 Å². The van der Waals surface area contributed by atoms with Crippen LogP contribution in [0, 0.1) is 0 Å². The van der Waals surface area contributed by atoms with Crippen LogP contribution in [0.1, 0.15) is 12.0 Å². The van der Waals surface area contributed by atoms with Crippen LogP contribution in [0.25, 0.3) is 11.0 Å². The molecule has 4 rings (SSSR count). The Morgan fingerprint density at radius 1 is 1.20 bits per heavy atom. The van der Waals surface area contributed by atoms with E-state index >= 15 is 0 Å². The second-order valence-corrected chi connectivity index (χ2v) is 7.50. The van der Waals surface area contributed by atoms with Gasteiger partial charge in [0.1, 0.15) is 11.2 Å². The highest BCUT2D eigenvalue weighted by atomic mass is 35.5. The number of rotatable bonds is 6. The number of nitrogens with zero attached hydrogens (tertiary/aromatic N) is 6. The van der Waals surface area contributed by atoms with Crippen molar-refractivity contribution in [2.75, 3.05) is 5.32 Å². The first-order valence-corrected chi connectivity index (χ1v) is 9.80. The van der Waals surface area contributed by atoms with Gasteiger partial charge in [-0.25, -0.2) is 9.67 Å². The summed E-state index contributed by atoms with van der Waals surface area (Å²) in [5, 5.41) is 12.6. The number of halogens is 2. The molecule has 0 aliphatic heterocycles. The van der Waals surface area contributed by atoms with Gasteiger partial charge >= 0.3 is 0 Å². The molecule has 1 aromatic carbocycles. The van der Waals surface area contributed by atoms with Crippen LogP contribution in [0.15, 0.2) is 47.8 Å². The minimum Gasteiger partial charge on any atom is -0.311 e. The van der Waals surface area contributed by atoms with E-state index in [-0.39, 0.29) is 24.4 Å². The molecule has 0 spiro atoms. The lowest BCUT2D eigenvalue weighted by molar-refractivity contribution is -0.116. The van der Waals surface area contributed by atoms with Crippen LogP contribution in [-0.2, 0) is 24.9 Å². The predicted octanol–water partition coefficient (Wildman–Crippen LogP) is 2.71. The SMILES string of the molecule is Cn1ncc2c(=O)n(CCC(=O)Nc3ccnn3Cc3ccc(Cl)cc3Cl)cnc21. The topological polar surface area (TPSA) is 99.6 Å². The van der Waals surface area contributed by atoms with Crippen molar-refractivity contribution < 1.29 is 4.79 Å². The average molecular weight is 446 g/mol. The third kappa shape index (κ3) is 4.07. The van der Waals surface area contributed by atoms with Crippen molar-refractivity contribution in [3.63, 3.8) is 0 Å². The largest absolute Gasteiger partial charge is 0.311 e. The number of anilines is 1. The van der Waals surface area contributed by atoms with Crippen molar-refractivity contribution in [1.29, 1.82) is 0 Å². The molecule has 0 saturated carbocycles. The lowest BCUT2D eigenvalue weighted by Crippen LogP contribution is -2.24. The summed E-state index contributed by atoms with van der Waals surface area (Å²) >= 11 is 12.2. The molecule has 0 bridgehead atoms. The average Bonchev–Trinajstić information content (AvgIpc) is 3.30. The second kappa shape index (κ2) is 8.29. The smallest absolute Gasteiger partial charge is 0.264 e. The highest BCUT2D eigenvalue weighted by Gasteiger charge is 2.12. The second-order valence-electron chi connectivity index (χ2n) is 6.66. The van der Waals surface area contributed by atoms with Gasteiger partial charge in [0, 0.05) is 36.1 Å². The van der Waals surface area contributed by atoms with E-state index in [1.165, 1.54) is 21.8 Å². The van der Waals surface area contributed by atoms with Crippen molar-refractivity contribution in [1.82, 2.24) is 29.1 Å². The first-order valence-electron chi connectivity index (χ1n) is 9.05. The van der Waals surface area contributed by atoms with Crippen LogP contribution >= 0.6 is 23.2 Å². The molecular formula is C19H17Cl2N7O2. The van der Waals surface area contributed by atoms with Crippen LogP contribution in [-0.4, -0.2) is 35.0 Å². The number of amides is 1. The minimum absolute atomic E-state index is 0.0975. The summed E-state index contributed by atoms with van der Waals surface area (Å²) in [5.41, 5.74) is 1.09. The fourth-order valence-corrected chi connectivity index (χ4v) is 3.50. The Hall–Kier alpha value is -3.17. The third-order valence-electron chi connectivity index (χ3n) is 4.62. The highest BCUT2D eigenvalue weighted by molar-refractivity contribution is 6.35. The molecule has 0 aliphatic rings. The molecule has 0 atom stereocenters. The van der Waals surface area contributed by atoms with E-state index in [0.717, 1.165) is 5.56 Å². The van der Waals surface area contributed by atoms with Gasteiger partial charge in [0.2, 0.25) is 5.91 Å². The third-order valence-corrected chi connectivity index (χ3v) is 5.20. The Morgan fingerprint density at radius 3 is 2.83 bits per heavy atom. The van der Waals surface area contributed by atoms with E-state index in [0.29, 0.717) is 33.4 Å². The molecular weight excluding hydrogens is 429 g/mol. The molecule has 11 heteroatoms. The van der Waals surface area contributed by atoms with E-state index in [2.05, 4.69) is 20.5 Å². The van der Waals surface area contributed by atoms with E-state index < -0.39 is 0 Å². The van der Waals surface area contributed by atoms with Crippen LogP contribution in [0.4, 0.5) is 5.82 Å². The highest BCUT2D eigenvalue weighted by Crippen LogP contribution is 2.22. The van der Waals surface area contributed by atoms with Gasteiger partial charge in [0.25, 0.3) is 5.56 Å². The van der Waals surface area contributed by atoms with E-state index in [4.69, 9.17) is 23.2 Å². The van der Waals surface area contributed by atoms with E-state index in [1.54, 1.807) is 36.1 Å². The summed E-state index contributed by atoms with van der Waals surface area (Å²) in [6.07, 6.45) is 4.58. The summed E-state index contributed by atoms with van der Waals surface area (Å²) in [5.74, 6) is 0.274. The van der Waals surface area contributed by atoms with E-state index in [1.807, 2.05) is 6.07 Å². The molecule has 9 nitrogen and oxygen atoms in total. The Balaban J connectivity index is 1.42. The van der Waals surface area contributed by atoms with Gasteiger partial charge in [-0.05, 0) is 17.7 Å². The number of hydrogen-bond donors (Lipinski definition) is 1. The Kier molecular flexibility index (Phi) is 5.56. The number of fused-ring (bicyclic) bond motifs is 1. The number of aromatic nitrogens is 6. The molecule has 3 aromatic heterocycles. The Bertz CT molecular complexity index is 1290. The van der Waals surface area contributed by atoms with Crippen molar-refractivity contribution in [2.24, 2.45) is 7.05 Å². The molecule has 4 aromatic rings. The van der Waals surface area contributed by atoms with Gasteiger partial charge in [0.05, 0.1) is 25.3 Å². The van der Waals surface area contributed by atoms with Crippen LogP contribution < -0.4 is 10.9 Å². The number of carbonyl (C=O) groups is 1. The monoisotopic (exact) mass is 445 g/mol. The summed E-state index contributed by atoms with van der Waals surface area (Å²) in [4.78, 5) is 29.1. The van der Waals surface area contributed by atoms with Crippen molar-refractivity contribution >= 4 is 46.0 Å². The number of hydrogen-bond acceptors (Lipinski definition) is 5. The molecule has 0 radical (unpaired) electrons. The first-order chi connectivity index (χ1) is 14.4. The van der Waals surface area contributed by atoms with Gasteiger partial charge in [-0.2, -0.15) is 10.2 Å². The molecule has 30 heavy (non-hydrogen) atoms. The summed E-state index contributed by atoms with van der Waals surface area (Å²) < 4.78 is 4.55. The maximum absolute atomic E-state index is 12.5. The van der Waals surface area contributed by atoms with Crippen molar-refractivity contribution in [2.45, 2.75) is 19.5 Å². The predicted molar refractivity (Wildman–Crippen MR) is 114 cm³/mol. The lowest BCUT2D eigenvalue weighted by Gasteiger charge is -2.11. The quantitative estimate of drug-likeness (QED) is 0.491. The normalized spacial score (nSPS) is 11.2. The van der Waals surface area contributed by atoms with Gasteiger partial charge < -0.3 is 5.32 Å². The zero-order chi connectivity index (χ0) is 21.3. The molecule has 154 valence electrons. The lowest BCUT2D eigenvalue weighted by atomic mass is 10.2. The van der Waals surface area contributed by atoms with Crippen molar-refractivity contribution in [3.8, 4) is 0 Å². The number of benzene rings is 1. The standard InChI is InChI=1S/C19H17Cl2N7O2/c1-26-18-14(9-24-26)19(30)27(11-22-18)7-5-17(29)25-16-4-6-23-28(16)10-12-2-3-13(20)8-15(12)21/h2-4,6,8-9,11H,5,7,10H2,1H3,(H,25,29). The van der Waals surface area contributed by atoms with Crippen molar-refractivity contribution in [3.05, 3.63) is 68.9 Å². The molecule has 0 fully saturated rings. The molecule has 1 amide bonds. The zero-order valence-electron chi connectivity index (χ0n) is 15.9. The number of aryl methyl sites for hydroxylation is 2. The van der Waals surface area contributed by atoms with Crippen LogP contribution in [0.2, 0.25) is 10.0 Å².